The second kappa shape index (κ2) is 6.83. The van der Waals surface area contributed by atoms with Crippen molar-refractivity contribution in [2.45, 2.75) is 59.8 Å². The minimum atomic E-state index is 0.442. The van der Waals surface area contributed by atoms with Gasteiger partial charge in [0.25, 0.3) is 0 Å². The summed E-state index contributed by atoms with van der Waals surface area (Å²) in [5.41, 5.74) is 22.0. The van der Waals surface area contributed by atoms with E-state index in [1.165, 1.54) is 22.3 Å². The van der Waals surface area contributed by atoms with Gasteiger partial charge in [0, 0.05) is 11.8 Å². The average Bonchev–Trinajstić information content (AvgIpc) is 3.62. The maximum Gasteiger partial charge on any atom is 0.0223 e. The van der Waals surface area contributed by atoms with E-state index in [4.69, 9.17) is 0 Å². The number of rotatable bonds is 4. The quantitative estimate of drug-likeness (QED) is 0.420. The number of allylic oxidation sites excluding steroid dienone is 22. The van der Waals surface area contributed by atoms with Crippen LogP contribution in [0.25, 0.3) is 0 Å². The van der Waals surface area contributed by atoms with Crippen molar-refractivity contribution >= 4 is 0 Å². The van der Waals surface area contributed by atoms with Crippen molar-refractivity contribution in [2.24, 2.45) is 11.8 Å². The van der Waals surface area contributed by atoms with Gasteiger partial charge < -0.3 is 0 Å². The van der Waals surface area contributed by atoms with Crippen LogP contribution in [0.15, 0.2) is 127 Å². The van der Waals surface area contributed by atoms with E-state index < -0.39 is 0 Å². The molecule has 7 aliphatic rings. The number of hydrogen-bond donors (Lipinski definition) is 0. The van der Waals surface area contributed by atoms with E-state index >= 15 is 0 Å². The van der Waals surface area contributed by atoms with E-state index in [9.17, 15) is 0 Å². The highest BCUT2D eigenvalue weighted by molar-refractivity contribution is 5.80. The maximum atomic E-state index is 2.47. The standard InChI is InChI=1S/C33H32/c1-5-20-18-9-10-19(17-18)21(6-2)25-12-14-27-23(8-4)29-16-15-28-22(7-3)26-13-11-24(20)30(26)33(31(25)27)32(28)29/h9-16,32-33H,5-8,17H2,1-4H3. The molecule has 0 radical (unpaired) electrons. The molecule has 0 N–H and O–H groups in total. The van der Waals surface area contributed by atoms with E-state index in [0.717, 1.165) is 32.1 Å². The van der Waals surface area contributed by atoms with Crippen LogP contribution in [0.4, 0.5) is 0 Å². The molecule has 0 aromatic rings. The largest absolute Gasteiger partial charge is 0.0613 e. The van der Waals surface area contributed by atoms with Gasteiger partial charge in [-0.2, -0.15) is 0 Å². The van der Waals surface area contributed by atoms with Crippen molar-refractivity contribution in [3.05, 3.63) is 127 Å². The van der Waals surface area contributed by atoms with Crippen LogP contribution in [0.1, 0.15) is 59.8 Å². The Kier molecular flexibility index (Phi) is 4.05. The van der Waals surface area contributed by atoms with E-state index in [-0.39, 0.29) is 0 Å². The van der Waals surface area contributed by atoms with Gasteiger partial charge in [0.1, 0.15) is 0 Å². The molecule has 0 saturated carbocycles. The van der Waals surface area contributed by atoms with Crippen LogP contribution in [-0.4, -0.2) is 0 Å². The zero-order valence-electron chi connectivity index (χ0n) is 20.3. The molecule has 7 rings (SSSR count). The van der Waals surface area contributed by atoms with Gasteiger partial charge in [-0.15, -0.1) is 0 Å². The van der Waals surface area contributed by atoms with Crippen molar-refractivity contribution in [1.82, 2.24) is 0 Å². The van der Waals surface area contributed by atoms with Crippen molar-refractivity contribution in [3.63, 3.8) is 0 Å². The number of hydrogen-bond acceptors (Lipinski definition) is 0. The lowest BCUT2D eigenvalue weighted by molar-refractivity contribution is 0.539. The van der Waals surface area contributed by atoms with Crippen LogP contribution in [-0.2, 0) is 0 Å². The van der Waals surface area contributed by atoms with Gasteiger partial charge in [0.15, 0.2) is 0 Å². The molecule has 0 heterocycles. The lowest BCUT2D eigenvalue weighted by atomic mass is 9.59. The highest BCUT2D eigenvalue weighted by atomic mass is 14.5. The summed E-state index contributed by atoms with van der Waals surface area (Å²) in [5.74, 6) is 0.936. The van der Waals surface area contributed by atoms with Crippen LogP contribution >= 0.6 is 0 Å². The van der Waals surface area contributed by atoms with Gasteiger partial charge in [-0.25, -0.2) is 0 Å². The Labute approximate surface area is 198 Å². The van der Waals surface area contributed by atoms with Gasteiger partial charge >= 0.3 is 0 Å². The molecule has 0 heteroatoms. The van der Waals surface area contributed by atoms with Gasteiger partial charge in [-0.1, -0.05) is 76.3 Å². The fourth-order valence-electron chi connectivity index (χ4n) is 7.89. The van der Waals surface area contributed by atoms with E-state index in [0.29, 0.717) is 11.8 Å². The van der Waals surface area contributed by atoms with Gasteiger partial charge in [0.2, 0.25) is 0 Å². The van der Waals surface area contributed by atoms with Crippen molar-refractivity contribution in [1.29, 1.82) is 0 Å². The molecule has 33 heavy (non-hydrogen) atoms. The lowest BCUT2D eigenvalue weighted by Gasteiger charge is -2.44. The third-order valence-electron chi connectivity index (χ3n) is 9.12. The SMILES string of the molecule is CCC1=C2C=CC(=C(CC)C3=C4C(=C(CC)C5=CC=C6C(CC)=C7C=CC1=C7C4C65)C=C3)C2. The molecule has 2 bridgehead atoms. The van der Waals surface area contributed by atoms with Crippen LogP contribution in [0.2, 0.25) is 0 Å². The molecule has 0 spiro atoms. The summed E-state index contributed by atoms with van der Waals surface area (Å²) in [6, 6.07) is 0. The molecular weight excluding hydrogens is 396 g/mol. The van der Waals surface area contributed by atoms with Crippen molar-refractivity contribution in [2.75, 3.05) is 0 Å². The van der Waals surface area contributed by atoms with Crippen LogP contribution in [0, 0.1) is 11.8 Å². The summed E-state index contributed by atoms with van der Waals surface area (Å²) in [6.07, 6.45) is 25.2. The summed E-state index contributed by atoms with van der Waals surface area (Å²) >= 11 is 0. The molecule has 0 fully saturated rings. The maximum absolute atomic E-state index is 2.47. The summed E-state index contributed by atoms with van der Waals surface area (Å²) < 4.78 is 0. The lowest BCUT2D eigenvalue weighted by Crippen LogP contribution is -2.32. The number of fused-ring (bicyclic) bond motifs is 2. The first-order chi connectivity index (χ1) is 16.2. The molecule has 0 saturated heterocycles. The predicted molar refractivity (Wildman–Crippen MR) is 139 cm³/mol. The first kappa shape index (κ1) is 19.6. The Bertz CT molecular complexity index is 1280. The Balaban J connectivity index is 1.66. The fourth-order valence-corrected chi connectivity index (χ4v) is 7.89. The molecule has 0 atom stereocenters. The van der Waals surface area contributed by atoms with Crippen LogP contribution < -0.4 is 0 Å². The topological polar surface area (TPSA) is 0 Å². The van der Waals surface area contributed by atoms with Crippen molar-refractivity contribution < 1.29 is 0 Å². The Morgan fingerprint density at radius 1 is 0.515 bits per heavy atom. The molecule has 0 aliphatic heterocycles. The Morgan fingerprint density at radius 3 is 1.36 bits per heavy atom. The minimum Gasteiger partial charge on any atom is -0.0613 e. The normalized spacial score (nSPS) is 28.2. The Hall–Kier alpha value is -2.86. The first-order valence-electron chi connectivity index (χ1n) is 13.1. The zero-order chi connectivity index (χ0) is 22.4. The van der Waals surface area contributed by atoms with Crippen LogP contribution in [0.5, 0.6) is 0 Å². The molecule has 7 aliphatic carbocycles. The minimum absolute atomic E-state index is 0.442. The molecule has 0 amide bonds. The fraction of sp³-hybridized carbons (Fsp3) is 0.333. The molecular formula is C33H32. The van der Waals surface area contributed by atoms with Gasteiger partial charge in [-0.05, 0) is 110 Å². The van der Waals surface area contributed by atoms with Gasteiger partial charge in [-0.3, -0.25) is 0 Å². The monoisotopic (exact) mass is 428 g/mol. The average molecular weight is 429 g/mol. The highest BCUT2D eigenvalue weighted by Crippen LogP contribution is 2.63. The van der Waals surface area contributed by atoms with Crippen LogP contribution in [0.3, 0.4) is 0 Å². The molecule has 0 aromatic heterocycles. The second-order valence-corrected chi connectivity index (χ2v) is 10.2. The summed E-state index contributed by atoms with van der Waals surface area (Å²) in [6.45, 7) is 9.41. The van der Waals surface area contributed by atoms with E-state index in [2.05, 4.69) is 76.3 Å². The molecule has 0 unspecified atom stereocenters. The predicted octanol–water partition coefficient (Wildman–Crippen LogP) is 8.65. The van der Waals surface area contributed by atoms with E-state index in [1.807, 2.05) is 0 Å². The Morgan fingerprint density at radius 2 is 0.939 bits per heavy atom. The summed E-state index contributed by atoms with van der Waals surface area (Å²) in [7, 11) is 0. The zero-order valence-corrected chi connectivity index (χ0v) is 20.3. The van der Waals surface area contributed by atoms with E-state index in [1.54, 1.807) is 55.7 Å². The van der Waals surface area contributed by atoms with Crippen molar-refractivity contribution in [3.8, 4) is 0 Å². The van der Waals surface area contributed by atoms with Gasteiger partial charge in [0.05, 0.1) is 0 Å². The summed E-state index contributed by atoms with van der Waals surface area (Å²) in [5, 5.41) is 0. The highest BCUT2D eigenvalue weighted by Gasteiger charge is 2.49. The summed E-state index contributed by atoms with van der Waals surface area (Å²) in [4.78, 5) is 0. The second-order valence-electron chi connectivity index (χ2n) is 10.2. The third-order valence-corrected chi connectivity index (χ3v) is 9.12. The molecule has 164 valence electrons. The molecule has 0 nitrogen and oxygen atoms in total. The smallest absolute Gasteiger partial charge is 0.0223 e. The first-order valence-corrected chi connectivity index (χ1v) is 13.1. The third kappa shape index (κ3) is 2.27. The molecule has 0 aromatic carbocycles.